The molecule has 33 heavy (non-hydrogen) atoms. The third-order valence-electron chi connectivity index (χ3n) is 5.06. The first kappa shape index (κ1) is 26.0. The summed E-state index contributed by atoms with van der Waals surface area (Å²) in [5.41, 5.74) is 1.18. The minimum absolute atomic E-state index is 0.0165. The number of hydrogen-bond acceptors (Lipinski definition) is 5. The van der Waals surface area contributed by atoms with E-state index in [1.54, 1.807) is 31.2 Å². The number of nitrogens with one attached hydrogen (secondary N) is 1. The van der Waals surface area contributed by atoms with Crippen molar-refractivity contribution in [3.63, 3.8) is 0 Å². The Kier molecular flexibility index (Phi) is 9.53. The van der Waals surface area contributed by atoms with Gasteiger partial charge in [-0.1, -0.05) is 37.3 Å². The SMILES string of the molecule is CCN(C(=O)CCC(C)CN(Cc1ccccc1)C(=O)O)S(=O)(=O)Nc1ccc(OC)cc1. The highest BCUT2D eigenvalue weighted by molar-refractivity contribution is 7.90. The number of anilines is 1. The molecule has 0 fully saturated rings. The van der Waals surface area contributed by atoms with Gasteiger partial charge in [0.05, 0.1) is 12.8 Å². The predicted octanol–water partition coefficient (Wildman–Crippen LogP) is 3.80. The van der Waals surface area contributed by atoms with Gasteiger partial charge in [-0.15, -0.1) is 0 Å². The Hall–Kier alpha value is -3.27. The normalized spacial score (nSPS) is 12.0. The molecule has 0 radical (unpaired) electrons. The molecule has 1 atom stereocenters. The molecule has 0 aliphatic carbocycles. The van der Waals surface area contributed by atoms with Gasteiger partial charge in [0.1, 0.15) is 5.75 Å². The van der Waals surface area contributed by atoms with Crippen LogP contribution in [0, 0.1) is 5.92 Å². The number of nitrogens with zero attached hydrogens (tertiary/aromatic N) is 2. The molecule has 0 aliphatic heterocycles. The zero-order valence-corrected chi connectivity index (χ0v) is 19.9. The van der Waals surface area contributed by atoms with Gasteiger partial charge in [-0.2, -0.15) is 8.42 Å². The van der Waals surface area contributed by atoms with E-state index in [0.717, 1.165) is 9.87 Å². The van der Waals surface area contributed by atoms with Gasteiger partial charge in [0, 0.05) is 26.1 Å². The predicted molar refractivity (Wildman–Crippen MR) is 126 cm³/mol. The summed E-state index contributed by atoms with van der Waals surface area (Å²) in [5.74, 6) is -0.0990. The van der Waals surface area contributed by atoms with E-state index in [4.69, 9.17) is 4.74 Å². The van der Waals surface area contributed by atoms with Crippen LogP contribution in [0.3, 0.4) is 0 Å². The number of hydrogen-bond donors (Lipinski definition) is 2. The van der Waals surface area contributed by atoms with Crippen LogP contribution in [-0.4, -0.2) is 54.9 Å². The van der Waals surface area contributed by atoms with E-state index in [-0.39, 0.29) is 32.0 Å². The Morgan fingerprint density at radius 2 is 1.73 bits per heavy atom. The van der Waals surface area contributed by atoms with Crippen molar-refractivity contribution in [2.45, 2.75) is 33.2 Å². The van der Waals surface area contributed by atoms with Crippen LogP contribution in [0.1, 0.15) is 32.3 Å². The summed E-state index contributed by atoms with van der Waals surface area (Å²) in [4.78, 5) is 25.6. The highest BCUT2D eigenvalue weighted by Crippen LogP contribution is 2.19. The van der Waals surface area contributed by atoms with Crippen molar-refractivity contribution >= 4 is 27.9 Å². The first-order valence-electron chi connectivity index (χ1n) is 10.7. The van der Waals surface area contributed by atoms with Crippen LogP contribution in [0.25, 0.3) is 0 Å². The first-order chi connectivity index (χ1) is 15.7. The van der Waals surface area contributed by atoms with Gasteiger partial charge in [0.25, 0.3) is 0 Å². The molecule has 0 spiro atoms. The lowest BCUT2D eigenvalue weighted by Gasteiger charge is -2.25. The number of ether oxygens (including phenoxy) is 1. The fraction of sp³-hybridized carbons (Fsp3) is 0.391. The molecule has 0 saturated carbocycles. The maximum Gasteiger partial charge on any atom is 0.407 e. The highest BCUT2D eigenvalue weighted by atomic mass is 32.2. The first-order valence-corrected chi connectivity index (χ1v) is 12.1. The Balaban J connectivity index is 1.94. The average Bonchev–Trinajstić information content (AvgIpc) is 2.78. The molecular formula is C23H31N3O6S. The summed E-state index contributed by atoms with van der Waals surface area (Å²) in [6.45, 7) is 3.89. The summed E-state index contributed by atoms with van der Waals surface area (Å²) in [5, 5.41) is 9.52. The molecule has 0 aliphatic rings. The van der Waals surface area contributed by atoms with Crippen molar-refractivity contribution < 1.29 is 27.9 Å². The van der Waals surface area contributed by atoms with Gasteiger partial charge >= 0.3 is 16.3 Å². The van der Waals surface area contributed by atoms with Gasteiger partial charge in [-0.25, -0.2) is 9.10 Å². The monoisotopic (exact) mass is 477 g/mol. The molecule has 10 heteroatoms. The lowest BCUT2D eigenvalue weighted by Crippen LogP contribution is -2.40. The van der Waals surface area contributed by atoms with E-state index in [1.807, 2.05) is 37.3 Å². The third kappa shape index (κ3) is 7.98. The molecule has 2 aromatic carbocycles. The lowest BCUT2D eigenvalue weighted by atomic mass is 10.0. The number of carbonyl (C=O) groups excluding carboxylic acids is 1. The maximum atomic E-state index is 12.7. The Morgan fingerprint density at radius 3 is 2.27 bits per heavy atom. The van der Waals surface area contributed by atoms with E-state index >= 15 is 0 Å². The number of benzene rings is 2. The minimum atomic E-state index is -4.08. The number of methoxy groups -OCH3 is 1. The molecular weight excluding hydrogens is 446 g/mol. The molecule has 0 aromatic heterocycles. The highest BCUT2D eigenvalue weighted by Gasteiger charge is 2.26. The second-order valence-corrected chi connectivity index (χ2v) is 9.28. The molecule has 2 N–H and O–H groups in total. The Labute approximate surface area is 195 Å². The number of rotatable bonds is 12. The van der Waals surface area contributed by atoms with Crippen molar-refractivity contribution in [1.82, 2.24) is 9.21 Å². The van der Waals surface area contributed by atoms with Crippen molar-refractivity contribution in [3.8, 4) is 5.75 Å². The summed E-state index contributed by atoms with van der Waals surface area (Å²) >= 11 is 0. The van der Waals surface area contributed by atoms with Gasteiger partial charge in [-0.05, 0) is 49.1 Å². The fourth-order valence-corrected chi connectivity index (χ4v) is 4.56. The molecule has 2 aromatic rings. The van der Waals surface area contributed by atoms with Crippen LogP contribution in [0.2, 0.25) is 0 Å². The van der Waals surface area contributed by atoms with Crippen LogP contribution >= 0.6 is 0 Å². The zero-order chi connectivity index (χ0) is 24.4. The topological polar surface area (TPSA) is 116 Å². The molecule has 0 bridgehead atoms. The van der Waals surface area contributed by atoms with E-state index in [1.165, 1.54) is 12.0 Å². The van der Waals surface area contributed by atoms with E-state index < -0.39 is 22.2 Å². The second kappa shape index (κ2) is 12.1. The van der Waals surface area contributed by atoms with Crippen molar-refractivity contribution in [2.24, 2.45) is 5.92 Å². The van der Waals surface area contributed by atoms with Crippen molar-refractivity contribution in [1.29, 1.82) is 0 Å². The average molecular weight is 478 g/mol. The van der Waals surface area contributed by atoms with E-state index in [0.29, 0.717) is 17.9 Å². The van der Waals surface area contributed by atoms with Gasteiger partial charge in [0.15, 0.2) is 0 Å². The molecule has 0 saturated heterocycles. The molecule has 1 unspecified atom stereocenters. The number of carboxylic acid groups (broad SMARTS) is 1. The molecule has 0 heterocycles. The largest absolute Gasteiger partial charge is 0.497 e. The molecule has 9 nitrogen and oxygen atoms in total. The number of carbonyl (C=O) groups is 2. The van der Waals surface area contributed by atoms with E-state index in [2.05, 4.69) is 4.72 Å². The third-order valence-corrected chi connectivity index (χ3v) is 6.60. The molecule has 180 valence electrons. The standard InChI is InChI=1S/C23H31N3O6S/c1-4-26(33(30,31)24-20-11-13-21(32-3)14-12-20)22(27)15-10-18(2)16-25(23(28)29)17-19-8-6-5-7-9-19/h5-9,11-14,18,24H,4,10,15-17H2,1-3H3,(H,28,29). The number of amides is 2. The van der Waals surface area contributed by atoms with Crippen molar-refractivity contribution in [2.75, 3.05) is 24.9 Å². The summed E-state index contributed by atoms with van der Waals surface area (Å²) in [7, 11) is -2.57. The zero-order valence-electron chi connectivity index (χ0n) is 19.1. The van der Waals surface area contributed by atoms with Crippen LogP contribution in [0.5, 0.6) is 5.75 Å². The van der Waals surface area contributed by atoms with Gasteiger partial charge < -0.3 is 14.7 Å². The van der Waals surface area contributed by atoms with Crippen LogP contribution in [0.15, 0.2) is 54.6 Å². The second-order valence-electron chi connectivity index (χ2n) is 7.69. The summed E-state index contributed by atoms with van der Waals surface area (Å²) in [6.07, 6.45) is -0.706. The molecule has 2 amide bonds. The fourth-order valence-electron chi connectivity index (χ4n) is 3.32. The van der Waals surface area contributed by atoms with Crippen LogP contribution < -0.4 is 9.46 Å². The summed E-state index contributed by atoms with van der Waals surface area (Å²) < 4.78 is 33.7. The Morgan fingerprint density at radius 1 is 1.09 bits per heavy atom. The van der Waals surface area contributed by atoms with Crippen LogP contribution in [-0.2, 0) is 21.5 Å². The minimum Gasteiger partial charge on any atom is -0.497 e. The Bertz CT molecular complexity index is 1010. The smallest absolute Gasteiger partial charge is 0.407 e. The lowest BCUT2D eigenvalue weighted by molar-refractivity contribution is -0.126. The van der Waals surface area contributed by atoms with Gasteiger partial charge in [0.2, 0.25) is 5.91 Å². The summed E-state index contributed by atoms with van der Waals surface area (Å²) in [6, 6.07) is 15.6. The molecule has 2 rings (SSSR count). The van der Waals surface area contributed by atoms with Crippen LogP contribution in [0.4, 0.5) is 10.5 Å². The quantitative estimate of drug-likeness (QED) is 0.480. The van der Waals surface area contributed by atoms with Crippen molar-refractivity contribution in [3.05, 3.63) is 60.2 Å². The van der Waals surface area contributed by atoms with E-state index in [9.17, 15) is 23.1 Å². The maximum absolute atomic E-state index is 12.7. The van der Waals surface area contributed by atoms with Gasteiger partial charge in [-0.3, -0.25) is 9.52 Å².